The molecule has 1 amide bonds. The second-order valence-corrected chi connectivity index (χ2v) is 8.04. The second kappa shape index (κ2) is 8.40. The summed E-state index contributed by atoms with van der Waals surface area (Å²) in [5, 5.41) is 14.9. The lowest BCUT2D eigenvalue weighted by Gasteiger charge is -2.34. The van der Waals surface area contributed by atoms with Gasteiger partial charge in [-0.3, -0.25) is 4.79 Å². The molecule has 4 heterocycles. The van der Waals surface area contributed by atoms with E-state index in [4.69, 9.17) is 4.74 Å². The number of aromatic nitrogens is 3. The van der Waals surface area contributed by atoms with Crippen molar-refractivity contribution in [3.63, 3.8) is 0 Å². The molecule has 2 aromatic heterocycles. The van der Waals surface area contributed by atoms with Gasteiger partial charge in [0.2, 0.25) is 0 Å². The van der Waals surface area contributed by atoms with E-state index in [1.54, 1.807) is 0 Å². The summed E-state index contributed by atoms with van der Waals surface area (Å²) in [4.78, 5) is 27.0. The Balaban J connectivity index is 1.58. The van der Waals surface area contributed by atoms with E-state index in [0.29, 0.717) is 38.4 Å². The first-order valence-corrected chi connectivity index (χ1v) is 10.6. The summed E-state index contributed by atoms with van der Waals surface area (Å²) in [7, 11) is 0. The maximum Gasteiger partial charge on any atom is 0.254 e. The Kier molecular flexibility index (Phi) is 5.29. The van der Waals surface area contributed by atoms with Gasteiger partial charge in [-0.05, 0) is 23.8 Å². The van der Waals surface area contributed by atoms with Gasteiger partial charge in [-0.15, -0.1) is 0 Å². The number of aromatic amines is 1. The number of hydrazone groups is 1. The smallest absolute Gasteiger partial charge is 0.254 e. The number of amides is 1. The molecule has 0 bridgehead atoms. The molecule has 32 heavy (non-hydrogen) atoms. The van der Waals surface area contributed by atoms with Crippen molar-refractivity contribution in [2.75, 3.05) is 32.8 Å². The second-order valence-electron chi connectivity index (χ2n) is 8.04. The Morgan fingerprint density at radius 3 is 2.94 bits per heavy atom. The molecular formula is C23H23N7O2. The van der Waals surface area contributed by atoms with Gasteiger partial charge < -0.3 is 20.0 Å². The third-order valence-corrected chi connectivity index (χ3v) is 6.30. The van der Waals surface area contributed by atoms with Crippen LogP contribution in [0.2, 0.25) is 0 Å². The Hall–Kier alpha value is -3.77. The van der Waals surface area contributed by atoms with E-state index in [2.05, 4.69) is 31.5 Å². The Morgan fingerprint density at radius 2 is 2.16 bits per heavy atom. The fourth-order valence-electron chi connectivity index (χ4n) is 4.68. The Bertz CT molecular complexity index is 1210. The van der Waals surface area contributed by atoms with Gasteiger partial charge in [-0.1, -0.05) is 12.1 Å². The van der Waals surface area contributed by atoms with Gasteiger partial charge >= 0.3 is 0 Å². The third kappa shape index (κ3) is 3.39. The van der Waals surface area contributed by atoms with E-state index >= 15 is 0 Å². The number of rotatable bonds is 5. The van der Waals surface area contributed by atoms with Crippen LogP contribution in [0.1, 0.15) is 34.0 Å². The summed E-state index contributed by atoms with van der Waals surface area (Å²) in [5.74, 6) is -0.273. The molecule has 0 spiro atoms. The van der Waals surface area contributed by atoms with Crippen molar-refractivity contribution in [1.82, 2.24) is 25.3 Å². The van der Waals surface area contributed by atoms with Gasteiger partial charge in [0, 0.05) is 55.3 Å². The molecule has 9 heteroatoms. The topological polar surface area (TPSA) is 119 Å². The summed E-state index contributed by atoms with van der Waals surface area (Å²) in [6.07, 6.45) is 5.46. The summed E-state index contributed by atoms with van der Waals surface area (Å²) >= 11 is 0. The number of fused-ring (bicyclic) bond motifs is 1. The zero-order valence-corrected chi connectivity index (χ0v) is 17.5. The molecule has 0 aliphatic carbocycles. The lowest BCUT2D eigenvalue weighted by Crippen LogP contribution is -2.41. The Labute approximate surface area is 185 Å². The first-order chi connectivity index (χ1) is 15.7. The van der Waals surface area contributed by atoms with E-state index in [9.17, 15) is 10.1 Å². The number of carbonyl (C=O) groups is 1. The largest absolute Gasteiger partial charge is 0.378 e. The van der Waals surface area contributed by atoms with E-state index in [1.807, 2.05) is 47.6 Å². The average molecular weight is 429 g/mol. The van der Waals surface area contributed by atoms with Crippen molar-refractivity contribution in [3.8, 4) is 6.07 Å². The van der Waals surface area contributed by atoms with Crippen LogP contribution < -0.4 is 5.43 Å². The van der Waals surface area contributed by atoms with Gasteiger partial charge in [0.05, 0.1) is 30.4 Å². The standard InChI is InChI=1S/C23H23N7O2/c24-6-4-19(16-2-1-3-17(12-16)22(31)30-8-10-32-11-9-30)23(13-28-29-14-23)20-18-5-7-25-21(18)27-15-26-20/h1-3,5,7,12-13,15,19,29H,4,8-11,14H2,(H,25,26,27). The van der Waals surface area contributed by atoms with Crippen molar-refractivity contribution in [1.29, 1.82) is 5.26 Å². The van der Waals surface area contributed by atoms with Crippen LogP contribution in [0.4, 0.5) is 0 Å². The van der Waals surface area contributed by atoms with Gasteiger partial charge in [0.15, 0.2) is 0 Å². The number of benzene rings is 1. The predicted molar refractivity (Wildman–Crippen MR) is 118 cm³/mol. The number of nitriles is 1. The number of hydrogen-bond donors (Lipinski definition) is 2. The van der Waals surface area contributed by atoms with Crippen LogP contribution >= 0.6 is 0 Å². The highest BCUT2D eigenvalue weighted by Crippen LogP contribution is 2.42. The molecule has 1 aromatic carbocycles. The summed E-state index contributed by atoms with van der Waals surface area (Å²) in [6, 6.07) is 11.9. The van der Waals surface area contributed by atoms with Crippen LogP contribution in [0.3, 0.4) is 0 Å². The van der Waals surface area contributed by atoms with E-state index in [0.717, 1.165) is 22.3 Å². The van der Waals surface area contributed by atoms with Crippen molar-refractivity contribution in [2.24, 2.45) is 5.10 Å². The molecule has 0 radical (unpaired) electrons. The van der Waals surface area contributed by atoms with Crippen LogP contribution in [0.15, 0.2) is 48.0 Å². The van der Waals surface area contributed by atoms with Crippen molar-refractivity contribution < 1.29 is 9.53 Å². The fraction of sp³-hybridized carbons (Fsp3) is 0.348. The minimum absolute atomic E-state index is 0.0202. The monoisotopic (exact) mass is 429 g/mol. The minimum Gasteiger partial charge on any atom is -0.378 e. The number of hydrogen-bond acceptors (Lipinski definition) is 7. The highest BCUT2D eigenvalue weighted by atomic mass is 16.5. The number of ether oxygens (including phenoxy) is 1. The molecule has 2 unspecified atom stereocenters. The number of nitrogens with zero attached hydrogens (tertiary/aromatic N) is 5. The minimum atomic E-state index is -0.653. The van der Waals surface area contributed by atoms with Crippen molar-refractivity contribution in [3.05, 3.63) is 59.7 Å². The van der Waals surface area contributed by atoms with E-state index in [1.165, 1.54) is 6.33 Å². The molecule has 5 rings (SSSR count). The van der Waals surface area contributed by atoms with Gasteiger partial charge in [0.1, 0.15) is 12.0 Å². The van der Waals surface area contributed by atoms with Crippen molar-refractivity contribution >= 4 is 23.2 Å². The maximum absolute atomic E-state index is 13.1. The number of H-pyrrole nitrogens is 1. The summed E-state index contributed by atoms with van der Waals surface area (Å²) < 4.78 is 5.37. The van der Waals surface area contributed by atoms with Crippen LogP contribution in [0.5, 0.6) is 0 Å². The average Bonchev–Trinajstić information content (AvgIpc) is 3.53. The Morgan fingerprint density at radius 1 is 1.28 bits per heavy atom. The molecule has 2 aliphatic rings. The molecule has 162 valence electrons. The molecule has 0 saturated carbocycles. The molecule has 2 aliphatic heterocycles. The number of carbonyl (C=O) groups excluding carboxylic acids is 1. The highest BCUT2D eigenvalue weighted by molar-refractivity contribution is 5.94. The highest BCUT2D eigenvalue weighted by Gasteiger charge is 2.45. The summed E-state index contributed by atoms with van der Waals surface area (Å²) in [5.41, 5.74) is 5.48. The molecular weight excluding hydrogens is 406 g/mol. The van der Waals surface area contributed by atoms with Crippen LogP contribution in [0.25, 0.3) is 11.0 Å². The zero-order chi connectivity index (χ0) is 22.0. The predicted octanol–water partition coefficient (Wildman–Crippen LogP) is 1.95. The number of morpholine rings is 1. The molecule has 3 aromatic rings. The normalized spacial score (nSPS) is 21.3. The lowest BCUT2D eigenvalue weighted by atomic mass is 9.68. The first kappa shape index (κ1) is 20.2. The molecule has 1 saturated heterocycles. The van der Waals surface area contributed by atoms with Crippen LogP contribution in [-0.2, 0) is 10.2 Å². The van der Waals surface area contributed by atoms with E-state index in [-0.39, 0.29) is 18.2 Å². The van der Waals surface area contributed by atoms with Gasteiger partial charge in [-0.25, -0.2) is 9.97 Å². The zero-order valence-electron chi connectivity index (χ0n) is 17.5. The molecule has 9 nitrogen and oxygen atoms in total. The maximum atomic E-state index is 13.1. The van der Waals surface area contributed by atoms with Crippen molar-refractivity contribution in [2.45, 2.75) is 17.8 Å². The fourth-order valence-corrected chi connectivity index (χ4v) is 4.68. The van der Waals surface area contributed by atoms with E-state index < -0.39 is 5.41 Å². The molecule has 2 atom stereocenters. The third-order valence-electron chi connectivity index (χ3n) is 6.30. The van der Waals surface area contributed by atoms with Gasteiger partial charge in [0.25, 0.3) is 5.91 Å². The SMILES string of the molecule is N#CCC(c1cccc(C(=O)N2CCOCC2)c1)C1(c2ncnc3[nH]ccc23)C=NNC1. The van der Waals surface area contributed by atoms with Crippen LogP contribution in [-0.4, -0.2) is 64.8 Å². The number of nitrogens with one attached hydrogen (secondary N) is 2. The quantitative estimate of drug-likeness (QED) is 0.640. The molecule has 1 fully saturated rings. The molecule has 2 N–H and O–H groups in total. The first-order valence-electron chi connectivity index (χ1n) is 10.6. The summed E-state index contributed by atoms with van der Waals surface area (Å²) in [6.45, 7) is 2.76. The van der Waals surface area contributed by atoms with Gasteiger partial charge in [-0.2, -0.15) is 10.4 Å². The lowest BCUT2D eigenvalue weighted by molar-refractivity contribution is 0.0303. The van der Waals surface area contributed by atoms with Crippen LogP contribution in [0, 0.1) is 11.3 Å².